The van der Waals surface area contributed by atoms with Crippen molar-refractivity contribution in [1.29, 1.82) is 0 Å². The Hall–Kier alpha value is -1.11. The fourth-order valence-corrected chi connectivity index (χ4v) is 2.70. The van der Waals surface area contributed by atoms with Crippen molar-refractivity contribution in [3.05, 3.63) is 43.8 Å². The van der Waals surface area contributed by atoms with Crippen molar-refractivity contribution in [2.45, 2.75) is 6.54 Å². The van der Waals surface area contributed by atoms with Crippen LogP contribution in [0.3, 0.4) is 0 Å². The molecule has 0 spiro atoms. The summed E-state index contributed by atoms with van der Waals surface area (Å²) >= 11 is 10.5. The number of hydrogen-bond donors (Lipinski definition) is 2. The van der Waals surface area contributed by atoms with Gasteiger partial charge in [-0.1, -0.05) is 27.5 Å². The maximum atomic E-state index is 10.7. The number of nitrogens with one attached hydrogen (secondary N) is 1. The fraction of sp³-hybridized carbons (Fsp3) is 0.0909. The van der Waals surface area contributed by atoms with Crippen molar-refractivity contribution < 1.29 is 9.90 Å². The van der Waals surface area contributed by atoms with Crippen LogP contribution in [-0.2, 0) is 6.54 Å². The molecule has 0 aliphatic carbocycles. The number of anilines is 1. The molecule has 0 aliphatic heterocycles. The van der Waals surface area contributed by atoms with E-state index in [4.69, 9.17) is 16.7 Å². The molecule has 0 unspecified atom stereocenters. The molecule has 0 amide bonds. The zero-order valence-corrected chi connectivity index (χ0v) is 12.1. The first-order valence-electron chi connectivity index (χ1n) is 4.93. The number of aromatic nitrogens is 1. The number of thiazole rings is 1. The normalized spacial score (nSPS) is 10.3. The average Bonchev–Trinajstić information content (AvgIpc) is 2.76. The number of nitrogens with zero attached hydrogens (tertiary/aromatic N) is 1. The van der Waals surface area contributed by atoms with Crippen molar-refractivity contribution in [2.24, 2.45) is 0 Å². The summed E-state index contributed by atoms with van der Waals surface area (Å²) in [5.41, 5.74) is 1.46. The Morgan fingerprint density at radius 3 is 2.94 bits per heavy atom. The molecule has 2 aromatic rings. The molecule has 2 N–H and O–H groups in total. The maximum Gasteiger partial charge on any atom is 0.365 e. The van der Waals surface area contributed by atoms with Crippen molar-refractivity contribution in [3.63, 3.8) is 0 Å². The molecule has 0 bridgehead atoms. The molecule has 94 valence electrons. The Labute approximate surface area is 121 Å². The summed E-state index contributed by atoms with van der Waals surface area (Å²) in [5.74, 6) is -1.01. The SMILES string of the molecule is O=C(O)c1nc(CNc2ccc(Br)cc2Cl)cs1. The number of aromatic carboxylic acids is 1. The van der Waals surface area contributed by atoms with Crippen LogP contribution in [0.2, 0.25) is 5.02 Å². The highest BCUT2D eigenvalue weighted by Gasteiger charge is 2.09. The van der Waals surface area contributed by atoms with E-state index in [0.29, 0.717) is 17.3 Å². The first kappa shape index (κ1) is 13.3. The van der Waals surface area contributed by atoms with Crippen molar-refractivity contribution >= 4 is 50.5 Å². The first-order valence-corrected chi connectivity index (χ1v) is 6.98. The van der Waals surface area contributed by atoms with Crippen LogP contribution < -0.4 is 5.32 Å². The van der Waals surface area contributed by atoms with E-state index in [1.165, 1.54) is 0 Å². The van der Waals surface area contributed by atoms with Crippen molar-refractivity contribution in [1.82, 2.24) is 4.98 Å². The van der Waals surface area contributed by atoms with Crippen molar-refractivity contribution in [3.8, 4) is 0 Å². The summed E-state index contributed by atoms with van der Waals surface area (Å²) in [6.07, 6.45) is 0. The van der Waals surface area contributed by atoms with Gasteiger partial charge in [-0.05, 0) is 18.2 Å². The molecule has 1 aromatic heterocycles. The molecule has 2 rings (SSSR count). The summed E-state index contributed by atoms with van der Waals surface area (Å²) in [6.45, 7) is 0.436. The van der Waals surface area contributed by atoms with Gasteiger partial charge >= 0.3 is 5.97 Å². The highest BCUT2D eigenvalue weighted by molar-refractivity contribution is 9.10. The predicted molar refractivity (Wildman–Crippen MR) is 75.6 cm³/mol. The Morgan fingerprint density at radius 1 is 1.56 bits per heavy atom. The smallest absolute Gasteiger partial charge is 0.365 e. The van der Waals surface area contributed by atoms with Crippen LogP contribution in [0.1, 0.15) is 15.5 Å². The quantitative estimate of drug-likeness (QED) is 0.881. The van der Waals surface area contributed by atoms with Gasteiger partial charge in [0, 0.05) is 9.85 Å². The minimum atomic E-state index is -1.01. The molecule has 18 heavy (non-hydrogen) atoms. The van der Waals surface area contributed by atoms with Gasteiger partial charge in [0.1, 0.15) is 0 Å². The van der Waals surface area contributed by atoms with Gasteiger partial charge in [-0.2, -0.15) is 0 Å². The van der Waals surface area contributed by atoms with E-state index in [1.807, 2.05) is 12.1 Å². The summed E-state index contributed by atoms with van der Waals surface area (Å²) < 4.78 is 0.903. The van der Waals surface area contributed by atoms with Crippen LogP contribution in [0, 0.1) is 0 Å². The summed E-state index contributed by atoms with van der Waals surface area (Å²) in [4.78, 5) is 14.7. The molecular formula is C11H8BrClN2O2S. The van der Waals surface area contributed by atoms with Gasteiger partial charge in [-0.25, -0.2) is 9.78 Å². The number of rotatable bonds is 4. The minimum absolute atomic E-state index is 0.0914. The number of carboxylic acids is 1. The van der Waals surface area contributed by atoms with Gasteiger partial charge in [0.05, 0.1) is 22.9 Å². The lowest BCUT2D eigenvalue weighted by molar-refractivity contribution is 0.0696. The number of hydrogen-bond acceptors (Lipinski definition) is 4. The lowest BCUT2D eigenvalue weighted by Crippen LogP contribution is -2.02. The minimum Gasteiger partial charge on any atom is -0.476 e. The molecule has 7 heteroatoms. The number of halogens is 2. The van der Waals surface area contributed by atoms with Gasteiger partial charge in [0.15, 0.2) is 0 Å². The molecule has 0 fully saturated rings. The second-order valence-corrected chi connectivity index (χ2v) is 5.61. The monoisotopic (exact) mass is 346 g/mol. The third-order valence-corrected chi connectivity index (χ3v) is 3.81. The average molecular weight is 348 g/mol. The van der Waals surface area contributed by atoms with E-state index < -0.39 is 5.97 Å². The van der Waals surface area contributed by atoms with E-state index in [1.54, 1.807) is 11.4 Å². The zero-order chi connectivity index (χ0) is 13.1. The summed E-state index contributed by atoms with van der Waals surface area (Å²) in [6, 6.07) is 5.50. The summed E-state index contributed by atoms with van der Waals surface area (Å²) in [7, 11) is 0. The van der Waals surface area contributed by atoms with E-state index >= 15 is 0 Å². The second-order valence-electron chi connectivity index (χ2n) is 3.43. The number of carboxylic acid groups (broad SMARTS) is 1. The van der Waals surface area contributed by atoms with Crippen molar-refractivity contribution in [2.75, 3.05) is 5.32 Å². The van der Waals surface area contributed by atoms with Crippen LogP contribution >= 0.6 is 38.9 Å². The molecule has 0 atom stereocenters. The lowest BCUT2D eigenvalue weighted by Gasteiger charge is -2.06. The fourth-order valence-electron chi connectivity index (χ4n) is 1.31. The van der Waals surface area contributed by atoms with Gasteiger partial charge in [0.2, 0.25) is 5.01 Å². The molecule has 1 heterocycles. The predicted octanol–water partition coefficient (Wildman–Crippen LogP) is 3.87. The first-order chi connectivity index (χ1) is 8.56. The molecule has 4 nitrogen and oxygen atoms in total. The van der Waals surface area contributed by atoms with Gasteiger partial charge < -0.3 is 10.4 Å². The molecular weight excluding hydrogens is 340 g/mol. The Kier molecular flexibility index (Phi) is 4.21. The number of benzene rings is 1. The Balaban J connectivity index is 2.04. The third kappa shape index (κ3) is 3.22. The van der Waals surface area contributed by atoms with Crippen LogP contribution in [0.5, 0.6) is 0 Å². The van der Waals surface area contributed by atoms with E-state index in [9.17, 15) is 4.79 Å². The highest BCUT2D eigenvalue weighted by atomic mass is 79.9. The van der Waals surface area contributed by atoms with Crippen LogP contribution in [-0.4, -0.2) is 16.1 Å². The standard InChI is InChI=1S/C11H8BrClN2O2S/c12-6-1-2-9(8(13)3-6)14-4-7-5-18-10(15-7)11(16)17/h1-3,5,14H,4H2,(H,16,17). The van der Waals surface area contributed by atoms with Crippen LogP contribution in [0.15, 0.2) is 28.1 Å². The molecule has 0 aliphatic rings. The number of carbonyl (C=O) groups is 1. The largest absolute Gasteiger partial charge is 0.476 e. The summed E-state index contributed by atoms with van der Waals surface area (Å²) in [5, 5.41) is 14.3. The Morgan fingerprint density at radius 2 is 2.33 bits per heavy atom. The van der Waals surface area contributed by atoms with E-state index in [2.05, 4.69) is 26.2 Å². The molecule has 1 aromatic carbocycles. The van der Waals surface area contributed by atoms with Gasteiger partial charge in [0.25, 0.3) is 0 Å². The molecule has 0 radical (unpaired) electrons. The van der Waals surface area contributed by atoms with Gasteiger partial charge in [-0.3, -0.25) is 0 Å². The van der Waals surface area contributed by atoms with Crippen LogP contribution in [0.25, 0.3) is 0 Å². The third-order valence-electron chi connectivity index (χ3n) is 2.13. The second kappa shape index (κ2) is 5.69. The van der Waals surface area contributed by atoms with Gasteiger partial charge in [-0.15, -0.1) is 11.3 Å². The maximum absolute atomic E-state index is 10.7. The van der Waals surface area contributed by atoms with E-state index in [0.717, 1.165) is 21.5 Å². The highest BCUT2D eigenvalue weighted by Crippen LogP contribution is 2.26. The zero-order valence-electron chi connectivity index (χ0n) is 8.98. The van der Waals surface area contributed by atoms with E-state index in [-0.39, 0.29) is 5.01 Å². The lowest BCUT2D eigenvalue weighted by atomic mass is 10.3. The molecule has 0 saturated heterocycles. The Bertz CT molecular complexity index is 588. The molecule has 0 saturated carbocycles. The van der Waals surface area contributed by atoms with Crippen LogP contribution in [0.4, 0.5) is 5.69 Å². The topological polar surface area (TPSA) is 62.2 Å².